The van der Waals surface area contributed by atoms with Crippen molar-refractivity contribution in [2.45, 2.75) is 38.5 Å². The maximum absolute atomic E-state index is 13.7. The van der Waals surface area contributed by atoms with Crippen molar-refractivity contribution in [3.8, 4) is 0 Å². The number of dihydropyridines is 1. The number of ether oxygens (including phenoxy) is 1. The van der Waals surface area contributed by atoms with Crippen molar-refractivity contribution in [3.05, 3.63) is 98.2 Å². The lowest BCUT2D eigenvalue weighted by molar-refractivity contribution is -0.136. The molecule has 0 amide bonds. The molecule has 0 fully saturated rings. The van der Waals surface area contributed by atoms with Gasteiger partial charge in [0, 0.05) is 48.7 Å². The molecule has 2 heterocycles. The van der Waals surface area contributed by atoms with Crippen LogP contribution in [0, 0.1) is 6.92 Å². The Labute approximate surface area is 215 Å². The van der Waals surface area contributed by atoms with Crippen molar-refractivity contribution in [2.75, 3.05) is 26.1 Å². The van der Waals surface area contributed by atoms with Crippen LogP contribution >= 0.6 is 0 Å². The Bertz CT molecular complexity index is 1540. The van der Waals surface area contributed by atoms with Crippen LogP contribution in [0.25, 0.3) is 11.0 Å². The molecule has 0 saturated carbocycles. The molecular formula is C30H30N2O5. The first kappa shape index (κ1) is 24.6. The Balaban J connectivity index is 1.64. The SMILES string of the molecule is COC(=O)C1=C(C)NC2=C(C(=O)C[C@H](c3ccc(N(C)C)cc3)C2)[C@@H]1c1coc2ccc(C)cc2c1=O. The molecule has 0 unspecified atom stereocenters. The first-order chi connectivity index (χ1) is 17.7. The fraction of sp³-hybridized carbons (Fsp3) is 0.300. The molecule has 2 aromatic carbocycles. The Morgan fingerprint density at radius 1 is 1.05 bits per heavy atom. The van der Waals surface area contributed by atoms with Gasteiger partial charge in [-0.3, -0.25) is 9.59 Å². The van der Waals surface area contributed by atoms with Gasteiger partial charge in [-0.15, -0.1) is 0 Å². The lowest BCUT2D eigenvalue weighted by Gasteiger charge is -2.36. The topological polar surface area (TPSA) is 88.8 Å². The number of allylic oxidation sites excluding steroid dienone is 3. The number of esters is 1. The molecule has 2 atom stereocenters. The van der Waals surface area contributed by atoms with Crippen LogP contribution in [0.2, 0.25) is 0 Å². The molecule has 3 aromatic rings. The standard InChI is InChI=1S/C30H30N2O5/c1-16-6-11-25-21(12-16)29(34)22(15-37-25)27-26(30(35)36-5)17(2)31-23-13-19(14-24(33)28(23)27)18-7-9-20(10-8-18)32(3)4/h6-12,15,19,27,31H,13-14H2,1-5H3/t19-,27-/m1/s1. The molecule has 7 nitrogen and oxygen atoms in total. The van der Waals surface area contributed by atoms with E-state index in [4.69, 9.17) is 9.15 Å². The van der Waals surface area contributed by atoms with E-state index in [0.29, 0.717) is 28.7 Å². The molecular weight excluding hydrogens is 468 g/mol. The highest BCUT2D eigenvalue weighted by molar-refractivity contribution is 6.04. The van der Waals surface area contributed by atoms with Gasteiger partial charge in [0.2, 0.25) is 0 Å². The van der Waals surface area contributed by atoms with Gasteiger partial charge in [0.05, 0.1) is 30.3 Å². The largest absolute Gasteiger partial charge is 0.466 e. The van der Waals surface area contributed by atoms with E-state index in [1.807, 2.05) is 44.1 Å². The number of ketones is 1. The summed E-state index contributed by atoms with van der Waals surface area (Å²) in [5.41, 5.74) is 5.52. The van der Waals surface area contributed by atoms with E-state index in [2.05, 4.69) is 17.4 Å². The van der Waals surface area contributed by atoms with E-state index in [9.17, 15) is 14.4 Å². The minimum Gasteiger partial charge on any atom is -0.466 e. The third kappa shape index (κ3) is 4.24. The highest BCUT2D eigenvalue weighted by Gasteiger charge is 2.42. The summed E-state index contributed by atoms with van der Waals surface area (Å²) in [5, 5.41) is 3.72. The zero-order valence-corrected chi connectivity index (χ0v) is 21.7. The van der Waals surface area contributed by atoms with Crippen LogP contribution in [0.4, 0.5) is 5.69 Å². The number of benzene rings is 2. The van der Waals surface area contributed by atoms with Gasteiger partial charge in [-0.25, -0.2) is 4.79 Å². The molecule has 2 aliphatic rings. The molecule has 1 aliphatic heterocycles. The van der Waals surface area contributed by atoms with Gasteiger partial charge in [-0.2, -0.15) is 0 Å². The summed E-state index contributed by atoms with van der Waals surface area (Å²) in [7, 11) is 5.27. The quantitative estimate of drug-likeness (QED) is 0.522. The zero-order chi connectivity index (χ0) is 26.4. The number of fused-ring (bicyclic) bond motifs is 1. The van der Waals surface area contributed by atoms with Crippen molar-refractivity contribution in [1.82, 2.24) is 5.32 Å². The normalized spacial score (nSPS) is 19.5. The smallest absolute Gasteiger partial charge is 0.336 e. The molecule has 7 heteroatoms. The molecule has 0 bridgehead atoms. The van der Waals surface area contributed by atoms with Crippen LogP contribution in [0.1, 0.15) is 48.3 Å². The summed E-state index contributed by atoms with van der Waals surface area (Å²) >= 11 is 0. The molecule has 5 rings (SSSR count). The third-order valence-electron chi connectivity index (χ3n) is 7.38. The van der Waals surface area contributed by atoms with E-state index in [1.54, 1.807) is 19.1 Å². The predicted molar refractivity (Wildman–Crippen MR) is 143 cm³/mol. The molecule has 0 saturated heterocycles. The van der Waals surface area contributed by atoms with Crippen LogP contribution in [0.5, 0.6) is 0 Å². The van der Waals surface area contributed by atoms with Gasteiger partial charge in [0.25, 0.3) is 0 Å². The van der Waals surface area contributed by atoms with Crippen molar-refractivity contribution in [3.63, 3.8) is 0 Å². The van der Waals surface area contributed by atoms with Crippen molar-refractivity contribution < 1.29 is 18.7 Å². The number of carbonyl (C=O) groups is 2. The Morgan fingerprint density at radius 3 is 2.46 bits per heavy atom. The average Bonchev–Trinajstić information content (AvgIpc) is 2.88. The highest BCUT2D eigenvalue weighted by Crippen LogP contribution is 2.45. The molecule has 1 N–H and O–H groups in total. The molecule has 1 aromatic heterocycles. The second kappa shape index (κ2) is 9.39. The number of anilines is 1. The third-order valence-corrected chi connectivity index (χ3v) is 7.38. The number of Topliss-reactive ketones (excluding diaryl/α,β-unsaturated/α-hetero) is 1. The van der Waals surface area contributed by atoms with Gasteiger partial charge in [-0.05, 0) is 56.0 Å². The number of nitrogens with one attached hydrogen (secondary N) is 1. The summed E-state index contributed by atoms with van der Waals surface area (Å²) in [6, 6.07) is 13.6. The summed E-state index contributed by atoms with van der Waals surface area (Å²) in [6.45, 7) is 3.67. The summed E-state index contributed by atoms with van der Waals surface area (Å²) in [4.78, 5) is 42.4. The number of aryl methyl sites for hydroxylation is 1. The Hall–Kier alpha value is -4.13. The van der Waals surface area contributed by atoms with Crippen molar-refractivity contribution in [1.29, 1.82) is 0 Å². The first-order valence-electron chi connectivity index (χ1n) is 12.3. The van der Waals surface area contributed by atoms with E-state index in [0.717, 1.165) is 22.5 Å². The fourth-order valence-corrected chi connectivity index (χ4v) is 5.47. The van der Waals surface area contributed by atoms with Gasteiger partial charge in [-0.1, -0.05) is 23.8 Å². The van der Waals surface area contributed by atoms with Crippen LogP contribution < -0.4 is 15.6 Å². The first-order valence-corrected chi connectivity index (χ1v) is 12.3. The number of nitrogens with zero attached hydrogens (tertiary/aromatic N) is 1. The summed E-state index contributed by atoms with van der Waals surface area (Å²) < 4.78 is 10.9. The zero-order valence-electron chi connectivity index (χ0n) is 21.7. The van der Waals surface area contributed by atoms with E-state index < -0.39 is 11.9 Å². The van der Waals surface area contributed by atoms with Crippen molar-refractivity contribution in [2.24, 2.45) is 0 Å². The average molecular weight is 499 g/mol. The van der Waals surface area contributed by atoms with E-state index >= 15 is 0 Å². The predicted octanol–water partition coefficient (Wildman–Crippen LogP) is 4.70. The summed E-state index contributed by atoms with van der Waals surface area (Å²) in [6.07, 6.45) is 2.25. The number of hydrogen-bond donors (Lipinski definition) is 1. The molecule has 1 aliphatic carbocycles. The van der Waals surface area contributed by atoms with Crippen LogP contribution in [-0.4, -0.2) is 33.0 Å². The second-order valence-corrected chi connectivity index (χ2v) is 10.0. The lowest BCUT2D eigenvalue weighted by atomic mass is 9.72. The maximum atomic E-state index is 13.7. The fourth-order valence-electron chi connectivity index (χ4n) is 5.47. The second-order valence-electron chi connectivity index (χ2n) is 10.0. The van der Waals surface area contributed by atoms with Gasteiger partial charge < -0.3 is 19.4 Å². The number of hydrogen-bond acceptors (Lipinski definition) is 7. The molecule has 190 valence electrons. The Morgan fingerprint density at radius 2 is 1.78 bits per heavy atom. The molecule has 37 heavy (non-hydrogen) atoms. The van der Waals surface area contributed by atoms with Crippen LogP contribution in [-0.2, 0) is 14.3 Å². The van der Waals surface area contributed by atoms with E-state index in [-0.39, 0.29) is 34.7 Å². The minimum absolute atomic E-state index is 0.0150. The van der Waals surface area contributed by atoms with E-state index in [1.165, 1.54) is 13.4 Å². The monoisotopic (exact) mass is 498 g/mol. The number of carbonyl (C=O) groups excluding carboxylic acids is 2. The van der Waals surface area contributed by atoms with Gasteiger partial charge in [0.1, 0.15) is 5.58 Å². The van der Waals surface area contributed by atoms with Crippen LogP contribution in [0.15, 0.2) is 80.5 Å². The number of methoxy groups -OCH3 is 1. The highest BCUT2D eigenvalue weighted by atomic mass is 16.5. The van der Waals surface area contributed by atoms with Crippen LogP contribution in [0.3, 0.4) is 0 Å². The maximum Gasteiger partial charge on any atom is 0.336 e. The lowest BCUT2D eigenvalue weighted by Crippen LogP contribution is -2.37. The van der Waals surface area contributed by atoms with Crippen molar-refractivity contribution >= 4 is 28.4 Å². The molecule has 0 spiro atoms. The minimum atomic E-state index is -0.866. The Kier molecular flexibility index (Phi) is 6.23. The summed E-state index contributed by atoms with van der Waals surface area (Å²) in [5.74, 6) is -1.56. The number of rotatable bonds is 4. The van der Waals surface area contributed by atoms with Gasteiger partial charge >= 0.3 is 5.97 Å². The van der Waals surface area contributed by atoms with Gasteiger partial charge in [0.15, 0.2) is 11.2 Å². The molecule has 0 radical (unpaired) electrons.